The van der Waals surface area contributed by atoms with Crippen molar-refractivity contribution in [2.45, 2.75) is 11.8 Å². The van der Waals surface area contributed by atoms with Gasteiger partial charge in [0.15, 0.2) is 0 Å². The van der Waals surface area contributed by atoms with Crippen molar-refractivity contribution in [3.8, 4) is 0 Å². The summed E-state index contributed by atoms with van der Waals surface area (Å²) in [5.41, 5.74) is 1.76. The van der Waals surface area contributed by atoms with E-state index in [0.717, 1.165) is 35.2 Å². The lowest BCUT2D eigenvalue weighted by atomic mass is 9.81. The molecule has 2 aliphatic rings. The van der Waals surface area contributed by atoms with Gasteiger partial charge in [0.1, 0.15) is 0 Å². The van der Waals surface area contributed by atoms with Gasteiger partial charge in [-0.15, -0.1) is 0 Å². The maximum Gasteiger partial charge on any atom is 0.236 e. The molecule has 15 heavy (non-hydrogen) atoms. The Morgan fingerprint density at radius 1 is 1.40 bits per heavy atom. The Labute approximate surface area is 96.4 Å². The second kappa shape index (κ2) is 3.06. The molecule has 0 saturated carbocycles. The van der Waals surface area contributed by atoms with Gasteiger partial charge >= 0.3 is 0 Å². The minimum atomic E-state index is -0.320. The van der Waals surface area contributed by atoms with Crippen LogP contribution in [0, 0.1) is 0 Å². The predicted molar refractivity (Wildman–Crippen MR) is 61.9 cm³/mol. The van der Waals surface area contributed by atoms with Crippen LogP contribution in [0.1, 0.15) is 12.0 Å². The van der Waals surface area contributed by atoms with Crippen LogP contribution in [0.3, 0.4) is 0 Å². The number of halogens is 1. The highest BCUT2D eigenvalue weighted by molar-refractivity contribution is 9.10. The summed E-state index contributed by atoms with van der Waals surface area (Å²) < 4.78 is 0.970. The molecule has 2 aliphatic heterocycles. The third kappa shape index (κ3) is 1.12. The normalized spacial score (nSPS) is 28.2. The van der Waals surface area contributed by atoms with Crippen LogP contribution in [-0.2, 0) is 10.2 Å². The first-order valence-corrected chi connectivity index (χ1v) is 5.84. The summed E-state index contributed by atoms with van der Waals surface area (Å²) in [6, 6.07) is 5.99. The molecule has 1 amide bonds. The van der Waals surface area contributed by atoms with Gasteiger partial charge in [0.05, 0.1) is 11.1 Å². The average Bonchev–Trinajstić information content (AvgIpc) is 2.79. The number of amides is 1. The van der Waals surface area contributed by atoms with Gasteiger partial charge in [-0.2, -0.15) is 0 Å². The topological polar surface area (TPSA) is 41.1 Å². The fraction of sp³-hybridized carbons (Fsp3) is 0.364. The molecule has 2 N–H and O–H groups in total. The molecule has 3 rings (SSSR count). The smallest absolute Gasteiger partial charge is 0.236 e. The lowest BCUT2D eigenvalue weighted by molar-refractivity contribution is -0.120. The highest BCUT2D eigenvalue weighted by Gasteiger charge is 2.48. The average molecular weight is 267 g/mol. The van der Waals surface area contributed by atoms with Gasteiger partial charge in [0.25, 0.3) is 0 Å². The molecule has 0 bridgehead atoms. The zero-order chi connectivity index (χ0) is 10.5. The number of hydrogen-bond donors (Lipinski definition) is 2. The molecule has 1 unspecified atom stereocenters. The van der Waals surface area contributed by atoms with E-state index in [2.05, 4.69) is 26.6 Å². The first kappa shape index (κ1) is 9.36. The van der Waals surface area contributed by atoms with Crippen molar-refractivity contribution in [3.63, 3.8) is 0 Å². The van der Waals surface area contributed by atoms with E-state index in [-0.39, 0.29) is 11.3 Å². The minimum absolute atomic E-state index is 0.134. The highest BCUT2D eigenvalue weighted by atomic mass is 79.9. The fourth-order valence-corrected chi connectivity index (χ4v) is 2.99. The Kier molecular flexibility index (Phi) is 1.91. The van der Waals surface area contributed by atoms with Gasteiger partial charge in [0.2, 0.25) is 5.91 Å². The number of benzene rings is 1. The third-order valence-electron chi connectivity index (χ3n) is 3.36. The van der Waals surface area contributed by atoms with Crippen molar-refractivity contribution in [3.05, 3.63) is 28.2 Å². The lowest BCUT2D eigenvalue weighted by Gasteiger charge is -2.19. The van der Waals surface area contributed by atoms with Crippen LogP contribution in [0.15, 0.2) is 22.7 Å². The SMILES string of the molecule is O=C1Nc2c(Br)cccc2C12CCNC2. The summed E-state index contributed by atoms with van der Waals surface area (Å²) in [6.07, 6.45) is 0.891. The molecule has 0 aliphatic carbocycles. The number of anilines is 1. The van der Waals surface area contributed by atoms with E-state index in [4.69, 9.17) is 0 Å². The Hall–Kier alpha value is -0.870. The molecule has 0 radical (unpaired) electrons. The number of carbonyl (C=O) groups is 1. The fourth-order valence-electron chi connectivity index (χ4n) is 2.52. The van der Waals surface area contributed by atoms with Gasteiger partial charge in [-0.1, -0.05) is 12.1 Å². The molecule has 1 fully saturated rings. The maximum atomic E-state index is 12.0. The third-order valence-corrected chi connectivity index (χ3v) is 4.02. The largest absolute Gasteiger partial charge is 0.324 e. The first-order chi connectivity index (χ1) is 7.24. The number of nitrogens with one attached hydrogen (secondary N) is 2. The summed E-state index contributed by atoms with van der Waals surface area (Å²) in [5.74, 6) is 0.134. The summed E-state index contributed by atoms with van der Waals surface area (Å²) in [7, 11) is 0. The highest BCUT2D eigenvalue weighted by Crippen LogP contribution is 2.44. The van der Waals surface area contributed by atoms with Crippen LogP contribution in [0.4, 0.5) is 5.69 Å². The van der Waals surface area contributed by atoms with Crippen LogP contribution < -0.4 is 10.6 Å². The van der Waals surface area contributed by atoms with E-state index < -0.39 is 0 Å². The number of para-hydroxylation sites is 1. The molecule has 1 spiro atoms. The molecule has 4 heteroatoms. The van der Waals surface area contributed by atoms with Crippen molar-refractivity contribution in [1.82, 2.24) is 5.32 Å². The summed E-state index contributed by atoms with van der Waals surface area (Å²) in [4.78, 5) is 12.0. The van der Waals surface area contributed by atoms with Gasteiger partial charge in [-0.05, 0) is 40.5 Å². The monoisotopic (exact) mass is 266 g/mol. The summed E-state index contributed by atoms with van der Waals surface area (Å²) in [6.45, 7) is 1.67. The van der Waals surface area contributed by atoms with E-state index in [0.29, 0.717) is 0 Å². The van der Waals surface area contributed by atoms with Crippen molar-refractivity contribution in [2.75, 3.05) is 18.4 Å². The molecule has 1 saturated heterocycles. The zero-order valence-electron chi connectivity index (χ0n) is 8.14. The Morgan fingerprint density at radius 2 is 2.27 bits per heavy atom. The van der Waals surface area contributed by atoms with Crippen molar-refractivity contribution < 1.29 is 4.79 Å². The van der Waals surface area contributed by atoms with Gasteiger partial charge in [-0.25, -0.2) is 0 Å². The Morgan fingerprint density at radius 3 is 3.00 bits per heavy atom. The molecule has 78 valence electrons. The second-order valence-corrected chi connectivity index (χ2v) is 4.98. The van der Waals surface area contributed by atoms with E-state index in [1.807, 2.05) is 18.2 Å². The van der Waals surface area contributed by atoms with Crippen LogP contribution >= 0.6 is 15.9 Å². The van der Waals surface area contributed by atoms with Gasteiger partial charge in [0, 0.05) is 11.0 Å². The first-order valence-electron chi connectivity index (χ1n) is 5.05. The van der Waals surface area contributed by atoms with Crippen LogP contribution in [0.2, 0.25) is 0 Å². The molecule has 1 atom stereocenters. The Balaban J connectivity index is 2.21. The zero-order valence-corrected chi connectivity index (χ0v) is 9.73. The second-order valence-electron chi connectivity index (χ2n) is 4.13. The number of carbonyl (C=O) groups excluding carboxylic acids is 1. The molecular weight excluding hydrogens is 256 g/mol. The molecule has 1 aromatic carbocycles. The minimum Gasteiger partial charge on any atom is -0.324 e. The summed E-state index contributed by atoms with van der Waals surface area (Å²) in [5, 5.41) is 6.24. The predicted octanol–water partition coefficient (Wildman–Crippen LogP) is 1.63. The molecule has 2 heterocycles. The van der Waals surface area contributed by atoms with Crippen molar-refractivity contribution >= 4 is 27.5 Å². The van der Waals surface area contributed by atoms with E-state index in [1.165, 1.54) is 0 Å². The van der Waals surface area contributed by atoms with Crippen molar-refractivity contribution in [2.24, 2.45) is 0 Å². The lowest BCUT2D eigenvalue weighted by Crippen LogP contribution is -2.36. The standard InChI is InChI=1S/C11H11BrN2O/c12-8-3-1-2-7-9(8)14-10(15)11(7)4-5-13-6-11/h1-3,13H,4-6H2,(H,14,15). The van der Waals surface area contributed by atoms with Crippen LogP contribution in [-0.4, -0.2) is 19.0 Å². The quantitative estimate of drug-likeness (QED) is 0.750. The molecule has 3 nitrogen and oxygen atoms in total. The maximum absolute atomic E-state index is 12.0. The molecule has 0 aromatic heterocycles. The van der Waals surface area contributed by atoms with E-state index in [9.17, 15) is 4.79 Å². The van der Waals surface area contributed by atoms with Gasteiger partial charge in [-0.3, -0.25) is 4.79 Å². The van der Waals surface area contributed by atoms with Gasteiger partial charge < -0.3 is 10.6 Å². The van der Waals surface area contributed by atoms with Crippen LogP contribution in [0.25, 0.3) is 0 Å². The number of hydrogen-bond acceptors (Lipinski definition) is 2. The summed E-state index contributed by atoms with van der Waals surface area (Å²) >= 11 is 3.47. The van der Waals surface area contributed by atoms with E-state index in [1.54, 1.807) is 0 Å². The number of rotatable bonds is 0. The Bertz CT molecular complexity index is 438. The van der Waals surface area contributed by atoms with Crippen LogP contribution in [0.5, 0.6) is 0 Å². The van der Waals surface area contributed by atoms with Crippen molar-refractivity contribution in [1.29, 1.82) is 0 Å². The number of fused-ring (bicyclic) bond motifs is 2. The molecule has 1 aromatic rings. The van der Waals surface area contributed by atoms with E-state index >= 15 is 0 Å². The molecular formula is C11H11BrN2O.